The molecule has 0 fully saturated rings. The lowest BCUT2D eigenvalue weighted by atomic mass is 9.96. The molecule has 0 N–H and O–H groups in total. The standard InChI is InChI=1S/C12H18/c1-9(2)11-6-5-7-12(8-11)10(3)4/h5-10H,1-4H3/i1D3,2D3,3D3,4D3,5D,6D,7D,8D,9D,10D. The fraction of sp³-hybridized carbons (Fsp3) is 0.500. The molecular weight excluding hydrogens is 144 g/mol. The van der Waals surface area contributed by atoms with Gasteiger partial charge in [0.25, 0.3) is 0 Å². The maximum absolute atomic E-state index is 8.19. The molecule has 0 saturated heterocycles. The van der Waals surface area contributed by atoms with Crippen LogP contribution in [0.25, 0.3) is 0 Å². The minimum atomic E-state index is -3.74. The quantitative estimate of drug-likeness (QED) is 0.647. The third-order valence-electron chi connectivity index (χ3n) is 1.12. The van der Waals surface area contributed by atoms with Crippen LogP contribution in [0.15, 0.2) is 24.2 Å². The second-order valence-electron chi connectivity index (χ2n) is 2.00. The summed E-state index contributed by atoms with van der Waals surface area (Å²) in [4.78, 5) is 0. The molecule has 0 saturated carbocycles. The molecule has 0 aliphatic rings. The van der Waals surface area contributed by atoms with Gasteiger partial charge in [-0.3, -0.25) is 0 Å². The Bertz CT molecular complexity index is 725. The summed E-state index contributed by atoms with van der Waals surface area (Å²) in [6.45, 7) is -14.9. The van der Waals surface area contributed by atoms with Crippen molar-refractivity contribution in [2.75, 3.05) is 0 Å². The fourth-order valence-corrected chi connectivity index (χ4v) is 0.594. The molecule has 0 radical (unpaired) electrons. The summed E-state index contributed by atoms with van der Waals surface area (Å²) in [5, 5.41) is 0. The van der Waals surface area contributed by atoms with E-state index in [9.17, 15) is 0 Å². The number of hydrogen-bond donors (Lipinski definition) is 0. The molecule has 1 aromatic carbocycles. The van der Waals surface area contributed by atoms with E-state index < -0.39 is 74.5 Å². The number of rotatable bonds is 2. The van der Waals surface area contributed by atoms with Gasteiger partial charge in [0.05, 0.1) is 5.48 Å². The first kappa shape index (κ1) is 1.37. The maximum atomic E-state index is 8.19. The highest BCUT2D eigenvalue weighted by Gasteiger charge is 2.02. The molecule has 0 heteroatoms. The van der Waals surface area contributed by atoms with E-state index in [4.69, 9.17) is 24.7 Å². The zero-order chi connectivity index (χ0) is 24.5. The van der Waals surface area contributed by atoms with E-state index in [0.717, 1.165) is 0 Å². The van der Waals surface area contributed by atoms with E-state index in [0.29, 0.717) is 0 Å². The van der Waals surface area contributed by atoms with Crippen LogP contribution >= 0.6 is 0 Å². The summed E-state index contributed by atoms with van der Waals surface area (Å²) in [6.07, 6.45) is 0. The zero-order valence-electron chi connectivity index (χ0n) is 24.0. The Balaban J connectivity index is 4.41. The van der Waals surface area contributed by atoms with Gasteiger partial charge in [-0.1, -0.05) is 51.6 Å². The first-order chi connectivity index (χ1) is 12.9. The first-order valence-corrected chi connectivity index (χ1v) is 3.00. The van der Waals surface area contributed by atoms with Gasteiger partial charge in [0.2, 0.25) is 0 Å². The lowest BCUT2D eigenvalue weighted by Gasteiger charge is -2.09. The molecule has 0 aliphatic heterocycles. The number of hydrogen-bond acceptors (Lipinski definition) is 0. The van der Waals surface area contributed by atoms with Crippen LogP contribution in [0.1, 0.15) is 75.0 Å². The number of benzene rings is 1. The fourth-order valence-electron chi connectivity index (χ4n) is 0.594. The first-order valence-electron chi connectivity index (χ1n) is 12.0. The monoisotopic (exact) mass is 180 g/mol. The molecule has 0 bridgehead atoms. The Morgan fingerprint density at radius 1 is 1.17 bits per heavy atom. The third-order valence-corrected chi connectivity index (χ3v) is 1.12. The van der Waals surface area contributed by atoms with E-state index in [2.05, 4.69) is 0 Å². The molecule has 0 aliphatic carbocycles. The van der Waals surface area contributed by atoms with Crippen LogP contribution in [0, 0.1) is 0 Å². The second-order valence-corrected chi connectivity index (χ2v) is 2.00. The van der Waals surface area contributed by atoms with Gasteiger partial charge in [0.1, 0.15) is 0 Å². The molecule has 0 spiro atoms. The van der Waals surface area contributed by atoms with E-state index >= 15 is 0 Å². The van der Waals surface area contributed by atoms with Crippen LogP contribution in [0.2, 0.25) is 0 Å². The van der Waals surface area contributed by atoms with Crippen molar-refractivity contribution in [3.63, 3.8) is 0 Å². The van der Waals surface area contributed by atoms with Gasteiger partial charge < -0.3 is 0 Å². The summed E-state index contributed by atoms with van der Waals surface area (Å²) in [5.41, 5.74) is -2.94. The molecule has 12 heavy (non-hydrogen) atoms. The minimum absolute atomic E-state index is 1.30. The van der Waals surface area contributed by atoms with E-state index in [1.807, 2.05) is 0 Å². The van der Waals surface area contributed by atoms with E-state index in [1.165, 1.54) is 0 Å². The van der Waals surface area contributed by atoms with Crippen LogP contribution in [-0.4, -0.2) is 0 Å². The van der Waals surface area contributed by atoms with Gasteiger partial charge in [-0.25, -0.2) is 0 Å². The van der Waals surface area contributed by atoms with Crippen LogP contribution in [0.5, 0.6) is 0 Å². The van der Waals surface area contributed by atoms with Crippen molar-refractivity contribution < 1.29 is 24.7 Å². The van der Waals surface area contributed by atoms with E-state index in [-0.39, 0.29) is 0 Å². The van der Waals surface area contributed by atoms with Gasteiger partial charge in [-0.15, -0.1) is 0 Å². The summed E-state index contributed by atoms with van der Waals surface area (Å²) in [7, 11) is 0. The topological polar surface area (TPSA) is 0 Å². The highest BCUT2D eigenvalue weighted by atomic mass is 14.1. The van der Waals surface area contributed by atoms with Crippen LogP contribution in [0.4, 0.5) is 0 Å². The lowest BCUT2D eigenvalue weighted by molar-refractivity contribution is 0.834. The van der Waals surface area contributed by atoms with Crippen molar-refractivity contribution in [2.24, 2.45) is 0 Å². The van der Waals surface area contributed by atoms with Crippen molar-refractivity contribution in [3.05, 3.63) is 35.3 Å². The Kier molecular flexibility index (Phi) is 0.429. The van der Waals surface area contributed by atoms with Crippen molar-refractivity contribution in [1.29, 1.82) is 0 Å². The highest BCUT2D eigenvalue weighted by molar-refractivity contribution is 5.27. The molecular formula is C12H18. The highest BCUT2D eigenvalue weighted by Crippen LogP contribution is 2.20. The molecule has 0 heterocycles. The van der Waals surface area contributed by atoms with Crippen molar-refractivity contribution in [1.82, 2.24) is 0 Å². The summed E-state index contributed by atoms with van der Waals surface area (Å²) in [5.74, 6) is -7.48. The Morgan fingerprint density at radius 3 is 2.08 bits per heavy atom. The van der Waals surface area contributed by atoms with Gasteiger partial charge in [0, 0.05) is 19.2 Å². The SMILES string of the molecule is [2H]c1c([2H])c(C([2H])(C([2H])([2H])[2H])C([2H])([2H])[2H])c([2H])c(C([2H])(C([2H])([2H])[2H])C([2H])([2H])[2H])c1[2H]. The molecule has 1 aromatic rings. The van der Waals surface area contributed by atoms with E-state index in [1.54, 1.807) is 0 Å². The van der Waals surface area contributed by atoms with Crippen LogP contribution < -0.4 is 0 Å². The summed E-state index contributed by atoms with van der Waals surface area (Å²) < 4.78 is 138. The Morgan fingerprint density at radius 2 is 1.67 bits per heavy atom. The molecule has 1 rings (SSSR count). The Labute approximate surface area is 101 Å². The van der Waals surface area contributed by atoms with Crippen molar-refractivity contribution >= 4 is 0 Å². The Hall–Kier alpha value is -0.780. The molecule has 0 nitrogen and oxygen atoms in total. The normalized spacial score (nSPS) is 39.0. The lowest BCUT2D eigenvalue weighted by Crippen LogP contribution is -1.91. The molecule has 0 amide bonds. The largest absolute Gasteiger partial charge is 0.0629 e. The predicted octanol–water partition coefficient (Wildman–Crippen LogP) is 3.93. The van der Waals surface area contributed by atoms with Crippen molar-refractivity contribution in [3.8, 4) is 0 Å². The summed E-state index contributed by atoms with van der Waals surface area (Å²) in [6, 6.07) is -5.49. The average molecular weight is 180 g/mol. The minimum Gasteiger partial charge on any atom is -0.0617 e. The average Bonchev–Trinajstić information content (AvgIpc) is 2.48. The molecule has 0 unspecified atom stereocenters. The summed E-state index contributed by atoms with van der Waals surface area (Å²) >= 11 is 0. The van der Waals surface area contributed by atoms with Crippen LogP contribution in [0.3, 0.4) is 0 Å². The van der Waals surface area contributed by atoms with Gasteiger partial charge >= 0.3 is 0 Å². The van der Waals surface area contributed by atoms with Crippen LogP contribution in [-0.2, 0) is 0 Å². The third kappa shape index (κ3) is 2.10. The maximum Gasteiger partial charge on any atom is 0.0629 e. The second kappa shape index (κ2) is 3.75. The molecule has 0 aromatic heterocycles. The van der Waals surface area contributed by atoms with Crippen molar-refractivity contribution in [2.45, 2.75) is 39.2 Å². The van der Waals surface area contributed by atoms with Gasteiger partial charge in [-0.05, 0) is 22.9 Å². The molecule has 0 atom stereocenters. The smallest absolute Gasteiger partial charge is 0.0617 e. The zero-order valence-corrected chi connectivity index (χ0v) is 6.00. The predicted molar refractivity (Wildman–Crippen MR) is 54.6 cm³/mol. The van der Waals surface area contributed by atoms with Gasteiger partial charge in [0.15, 0.2) is 0 Å². The molecule has 66 valence electrons. The van der Waals surface area contributed by atoms with Gasteiger partial charge in [-0.2, -0.15) is 0 Å².